The van der Waals surface area contributed by atoms with Crippen LogP contribution >= 0.6 is 0 Å². The molecule has 0 fully saturated rings. The second-order valence-corrected chi connectivity index (χ2v) is 6.18. The molecule has 0 aliphatic rings. The molecule has 0 amide bonds. The maximum absolute atomic E-state index is 5.74. The van der Waals surface area contributed by atoms with Crippen LogP contribution in [-0.2, 0) is 13.1 Å². The van der Waals surface area contributed by atoms with Gasteiger partial charge in [0, 0.05) is 12.1 Å². The van der Waals surface area contributed by atoms with Crippen LogP contribution in [0, 0.1) is 12.3 Å². The lowest BCUT2D eigenvalue weighted by Crippen LogP contribution is -2.37. The van der Waals surface area contributed by atoms with Crippen molar-refractivity contribution < 1.29 is 9.47 Å². The van der Waals surface area contributed by atoms with E-state index in [2.05, 4.69) is 40.6 Å². The van der Waals surface area contributed by atoms with Crippen molar-refractivity contribution >= 4 is 5.69 Å². The summed E-state index contributed by atoms with van der Waals surface area (Å²) in [6, 6.07) is 26.4. The van der Waals surface area contributed by atoms with Crippen LogP contribution < -0.4 is 19.9 Å². The lowest BCUT2D eigenvalue weighted by atomic mass is 10.2. The smallest absolute Gasteiger partial charge is 0.167 e. The third-order valence-corrected chi connectivity index (χ3v) is 4.29. The molecule has 0 bridgehead atoms. The molecule has 0 radical (unpaired) electrons. The third kappa shape index (κ3) is 5.06. The summed E-state index contributed by atoms with van der Waals surface area (Å²) < 4.78 is 11.2. The maximum Gasteiger partial charge on any atom is 0.167 e. The van der Waals surface area contributed by atoms with Gasteiger partial charge in [-0.05, 0) is 23.8 Å². The van der Waals surface area contributed by atoms with E-state index in [1.54, 1.807) is 7.11 Å². The Balaban J connectivity index is 1.81. The van der Waals surface area contributed by atoms with Crippen molar-refractivity contribution in [2.24, 2.45) is 0 Å². The van der Waals surface area contributed by atoms with E-state index >= 15 is 0 Å². The second kappa shape index (κ2) is 10.1. The summed E-state index contributed by atoms with van der Waals surface area (Å²) in [6.45, 7) is 1.49. The standard InChI is InChI=1S/C24H24N2O2/c1-3-17-28-24-21(13-10-16-23(24)27-2)18-25-26(22-14-8-5-9-15-22)19-20-11-6-4-7-12-20/h1,4-16,25H,17-19H2,2H3. The van der Waals surface area contributed by atoms with Crippen LogP contribution in [0.2, 0.25) is 0 Å². The predicted molar refractivity (Wildman–Crippen MR) is 113 cm³/mol. The van der Waals surface area contributed by atoms with Gasteiger partial charge in [0.1, 0.15) is 6.61 Å². The molecule has 3 aromatic rings. The fourth-order valence-electron chi connectivity index (χ4n) is 2.93. The molecular weight excluding hydrogens is 348 g/mol. The molecular formula is C24H24N2O2. The molecule has 0 aromatic heterocycles. The highest BCUT2D eigenvalue weighted by atomic mass is 16.5. The molecule has 0 aliphatic carbocycles. The number of hydrogen-bond donors (Lipinski definition) is 1. The first kappa shape index (κ1) is 19.3. The number of rotatable bonds is 9. The van der Waals surface area contributed by atoms with E-state index in [9.17, 15) is 0 Å². The molecule has 0 spiro atoms. The number of nitrogens with one attached hydrogen (secondary N) is 1. The fourth-order valence-corrected chi connectivity index (χ4v) is 2.93. The largest absolute Gasteiger partial charge is 0.493 e. The van der Waals surface area contributed by atoms with E-state index in [4.69, 9.17) is 15.9 Å². The van der Waals surface area contributed by atoms with Crippen LogP contribution in [0.3, 0.4) is 0 Å². The van der Waals surface area contributed by atoms with Crippen LogP contribution in [0.15, 0.2) is 78.9 Å². The van der Waals surface area contributed by atoms with Gasteiger partial charge in [-0.3, -0.25) is 0 Å². The molecule has 0 saturated heterocycles. The van der Waals surface area contributed by atoms with Crippen molar-refractivity contribution in [1.29, 1.82) is 0 Å². The average molecular weight is 372 g/mol. The quantitative estimate of drug-likeness (QED) is 0.445. The summed E-state index contributed by atoms with van der Waals surface area (Å²) in [5.74, 6) is 3.85. The van der Waals surface area contributed by atoms with Crippen LogP contribution in [0.5, 0.6) is 11.5 Å². The molecule has 0 saturated carbocycles. The summed E-state index contributed by atoms with van der Waals surface area (Å²) in [7, 11) is 1.63. The van der Waals surface area contributed by atoms with Gasteiger partial charge in [0.2, 0.25) is 0 Å². The van der Waals surface area contributed by atoms with Crippen molar-refractivity contribution in [2.75, 3.05) is 18.7 Å². The van der Waals surface area contributed by atoms with Crippen molar-refractivity contribution in [3.8, 4) is 23.8 Å². The lowest BCUT2D eigenvalue weighted by Gasteiger charge is -2.26. The molecule has 0 aliphatic heterocycles. The van der Waals surface area contributed by atoms with Crippen molar-refractivity contribution in [2.45, 2.75) is 13.1 Å². The van der Waals surface area contributed by atoms with E-state index < -0.39 is 0 Å². The van der Waals surface area contributed by atoms with E-state index in [1.165, 1.54) is 5.56 Å². The minimum Gasteiger partial charge on any atom is -0.493 e. The topological polar surface area (TPSA) is 33.7 Å². The van der Waals surface area contributed by atoms with Gasteiger partial charge < -0.3 is 14.5 Å². The van der Waals surface area contributed by atoms with Crippen molar-refractivity contribution in [3.05, 3.63) is 90.0 Å². The summed E-state index contributed by atoms with van der Waals surface area (Å²) in [5.41, 5.74) is 6.79. The van der Waals surface area contributed by atoms with E-state index in [0.29, 0.717) is 18.0 Å². The number of terminal acetylenes is 1. The second-order valence-electron chi connectivity index (χ2n) is 6.18. The first-order valence-electron chi connectivity index (χ1n) is 9.14. The van der Waals surface area contributed by atoms with Gasteiger partial charge in [0.15, 0.2) is 11.5 Å². The summed E-state index contributed by atoms with van der Waals surface area (Å²) in [6.07, 6.45) is 5.36. The molecule has 3 rings (SSSR count). The van der Waals surface area contributed by atoms with Gasteiger partial charge in [-0.1, -0.05) is 66.6 Å². The van der Waals surface area contributed by atoms with Crippen LogP contribution in [-0.4, -0.2) is 13.7 Å². The summed E-state index contributed by atoms with van der Waals surface area (Å²) in [5, 5.41) is 2.12. The molecule has 0 unspecified atom stereocenters. The lowest BCUT2D eigenvalue weighted by molar-refractivity contribution is 0.326. The van der Waals surface area contributed by atoms with Crippen LogP contribution in [0.4, 0.5) is 5.69 Å². The summed E-state index contributed by atoms with van der Waals surface area (Å²) >= 11 is 0. The minimum absolute atomic E-state index is 0.194. The number of methoxy groups -OCH3 is 1. The minimum atomic E-state index is 0.194. The molecule has 0 heterocycles. The molecule has 1 N–H and O–H groups in total. The fraction of sp³-hybridized carbons (Fsp3) is 0.167. The molecule has 4 heteroatoms. The molecule has 142 valence electrons. The van der Waals surface area contributed by atoms with Gasteiger partial charge in [-0.2, -0.15) is 0 Å². The molecule has 3 aromatic carbocycles. The number of benzene rings is 3. The SMILES string of the molecule is C#CCOc1c(CNN(Cc2ccccc2)c2ccccc2)cccc1OC. The Labute approximate surface area is 166 Å². The Morgan fingerprint density at radius 2 is 1.64 bits per heavy atom. The van der Waals surface area contributed by atoms with E-state index in [1.807, 2.05) is 54.6 Å². The number of hydrogen-bond acceptors (Lipinski definition) is 4. The molecule has 4 nitrogen and oxygen atoms in total. The Morgan fingerprint density at radius 3 is 2.32 bits per heavy atom. The zero-order valence-corrected chi connectivity index (χ0v) is 16.0. The van der Waals surface area contributed by atoms with Gasteiger partial charge in [-0.15, -0.1) is 6.42 Å². The number of anilines is 1. The zero-order chi connectivity index (χ0) is 19.6. The highest BCUT2D eigenvalue weighted by Gasteiger charge is 2.13. The third-order valence-electron chi connectivity index (χ3n) is 4.29. The van der Waals surface area contributed by atoms with Gasteiger partial charge >= 0.3 is 0 Å². The Morgan fingerprint density at radius 1 is 0.929 bits per heavy atom. The Bertz CT molecular complexity index is 905. The van der Waals surface area contributed by atoms with Crippen molar-refractivity contribution in [1.82, 2.24) is 5.43 Å². The van der Waals surface area contributed by atoms with E-state index in [0.717, 1.165) is 17.8 Å². The highest BCUT2D eigenvalue weighted by molar-refractivity contribution is 5.48. The zero-order valence-electron chi connectivity index (χ0n) is 16.0. The first-order chi connectivity index (χ1) is 13.8. The number of ether oxygens (including phenoxy) is 2. The van der Waals surface area contributed by atoms with Crippen LogP contribution in [0.25, 0.3) is 0 Å². The van der Waals surface area contributed by atoms with Gasteiger partial charge in [0.05, 0.1) is 19.3 Å². The normalized spacial score (nSPS) is 10.1. The van der Waals surface area contributed by atoms with E-state index in [-0.39, 0.29) is 6.61 Å². The monoisotopic (exact) mass is 372 g/mol. The molecule has 28 heavy (non-hydrogen) atoms. The predicted octanol–water partition coefficient (Wildman–Crippen LogP) is 4.42. The Hall–Kier alpha value is -3.42. The maximum atomic E-state index is 5.74. The van der Waals surface area contributed by atoms with Gasteiger partial charge in [0.25, 0.3) is 0 Å². The van der Waals surface area contributed by atoms with Crippen LogP contribution in [0.1, 0.15) is 11.1 Å². The average Bonchev–Trinajstić information content (AvgIpc) is 2.76. The molecule has 0 atom stereocenters. The number of nitrogens with zero attached hydrogens (tertiary/aromatic N) is 1. The Kier molecular flexibility index (Phi) is 6.95. The highest BCUT2D eigenvalue weighted by Crippen LogP contribution is 2.31. The van der Waals surface area contributed by atoms with Crippen molar-refractivity contribution in [3.63, 3.8) is 0 Å². The first-order valence-corrected chi connectivity index (χ1v) is 9.14. The summed E-state index contributed by atoms with van der Waals surface area (Å²) in [4.78, 5) is 0. The number of hydrazine groups is 1. The van der Waals surface area contributed by atoms with Gasteiger partial charge in [-0.25, -0.2) is 5.43 Å². The number of para-hydroxylation sites is 2.